The van der Waals surface area contributed by atoms with Gasteiger partial charge in [0.15, 0.2) is 15.5 Å². The van der Waals surface area contributed by atoms with Crippen molar-refractivity contribution in [2.24, 2.45) is 0 Å². The van der Waals surface area contributed by atoms with Crippen molar-refractivity contribution in [3.05, 3.63) is 82.5 Å². The summed E-state index contributed by atoms with van der Waals surface area (Å²) in [6, 6.07) is 11.7. The summed E-state index contributed by atoms with van der Waals surface area (Å²) in [6.07, 6.45) is 6.21. The van der Waals surface area contributed by atoms with Gasteiger partial charge in [0, 0.05) is 40.3 Å². The number of aromatic nitrogens is 4. The third-order valence-electron chi connectivity index (χ3n) is 5.26. The van der Waals surface area contributed by atoms with Crippen molar-refractivity contribution >= 4 is 38.9 Å². The molecule has 2 aromatic carbocycles. The molecule has 0 bridgehead atoms. The maximum absolute atomic E-state index is 13.2. The average molecular weight is 571 g/mol. The van der Waals surface area contributed by atoms with Crippen LogP contribution in [0.15, 0.2) is 66.1 Å². The number of hydrogen-bond acceptors (Lipinski definition) is 5. The number of carbonyl (C=O) groups excluding carboxylic acids is 1. The highest BCUT2D eigenvalue weighted by Crippen LogP contribution is 2.35. The Morgan fingerprint density at radius 1 is 1.11 bits per heavy atom. The molecule has 0 aliphatic heterocycles. The Morgan fingerprint density at radius 2 is 1.82 bits per heavy atom. The van der Waals surface area contributed by atoms with Gasteiger partial charge in [-0.3, -0.25) is 4.79 Å². The number of carbonyl (C=O) groups is 1. The lowest BCUT2D eigenvalue weighted by atomic mass is 10.1. The Labute approximate surface area is 231 Å². The van der Waals surface area contributed by atoms with E-state index in [-0.39, 0.29) is 21.3 Å². The van der Waals surface area contributed by atoms with Crippen molar-refractivity contribution in [3.8, 4) is 28.8 Å². The van der Waals surface area contributed by atoms with Crippen LogP contribution in [0.2, 0.25) is 10.0 Å². The van der Waals surface area contributed by atoms with E-state index in [4.69, 9.17) is 23.2 Å². The van der Waals surface area contributed by atoms with Gasteiger partial charge in [0.25, 0.3) is 5.91 Å². The zero-order valence-corrected chi connectivity index (χ0v) is 23.5. The first-order valence-corrected chi connectivity index (χ1v) is 14.1. The molecule has 0 fully saturated rings. The Morgan fingerprint density at radius 3 is 2.39 bits per heavy atom. The van der Waals surface area contributed by atoms with E-state index in [0.717, 1.165) is 6.26 Å². The highest BCUT2D eigenvalue weighted by Gasteiger charge is 2.32. The smallest absolute Gasteiger partial charge is 0.273 e. The predicted octanol–water partition coefficient (Wildman–Crippen LogP) is 5.03. The number of imidazole rings is 1. The molecule has 2 heterocycles. The van der Waals surface area contributed by atoms with E-state index in [9.17, 15) is 13.2 Å². The molecule has 0 spiro atoms. The van der Waals surface area contributed by atoms with Crippen LogP contribution in [0.1, 0.15) is 36.8 Å². The molecular weight excluding hydrogens is 545 g/mol. The SMILES string of the molecule is CC(C)(C)NC(=O)c1nn(-c2ccc(C#CCn3ccnc3)cc2Cl)c(-c2ccc(Cl)cc2)c1S(C)(=O)=O. The van der Waals surface area contributed by atoms with Crippen LogP contribution in [-0.4, -0.2) is 45.5 Å². The van der Waals surface area contributed by atoms with Crippen LogP contribution >= 0.6 is 23.2 Å². The second-order valence-corrected chi connectivity index (χ2v) is 12.4. The van der Waals surface area contributed by atoms with Crippen molar-refractivity contribution in [1.82, 2.24) is 24.6 Å². The fourth-order valence-corrected chi connectivity index (χ4v) is 5.14. The summed E-state index contributed by atoms with van der Waals surface area (Å²) in [6.45, 7) is 5.85. The zero-order chi connectivity index (χ0) is 27.7. The molecule has 38 heavy (non-hydrogen) atoms. The van der Waals surface area contributed by atoms with Gasteiger partial charge < -0.3 is 9.88 Å². The Bertz CT molecular complexity index is 1660. The topological polar surface area (TPSA) is 98.9 Å². The van der Waals surface area contributed by atoms with Crippen molar-refractivity contribution in [2.75, 3.05) is 6.26 Å². The summed E-state index contributed by atoms with van der Waals surface area (Å²) >= 11 is 12.8. The third-order valence-corrected chi connectivity index (χ3v) is 6.95. The van der Waals surface area contributed by atoms with E-state index >= 15 is 0 Å². The Kier molecular flexibility index (Phi) is 7.70. The average Bonchev–Trinajstić information content (AvgIpc) is 3.47. The van der Waals surface area contributed by atoms with Crippen LogP contribution in [0, 0.1) is 11.8 Å². The Balaban J connectivity index is 1.89. The number of nitrogens with one attached hydrogen (secondary N) is 1. The van der Waals surface area contributed by atoms with Crippen LogP contribution in [0.4, 0.5) is 0 Å². The molecule has 0 aliphatic rings. The number of hydrogen-bond donors (Lipinski definition) is 1. The van der Waals surface area contributed by atoms with E-state index in [1.54, 1.807) is 75.8 Å². The van der Waals surface area contributed by atoms with Gasteiger partial charge in [-0.1, -0.05) is 47.2 Å². The van der Waals surface area contributed by atoms with Gasteiger partial charge in [0.1, 0.15) is 4.90 Å². The van der Waals surface area contributed by atoms with Crippen LogP contribution in [0.3, 0.4) is 0 Å². The normalized spacial score (nSPS) is 11.6. The number of rotatable bonds is 5. The molecule has 0 saturated carbocycles. The van der Waals surface area contributed by atoms with Gasteiger partial charge in [-0.25, -0.2) is 18.1 Å². The van der Waals surface area contributed by atoms with E-state index in [0.29, 0.717) is 28.4 Å². The summed E-state index contributed by atoms with van der Waals surface area (Å²) < 4.78 is 29.3. The minimum atomic E-state index is -3.91. The standard InChI is InChI=1S/C27H25Cl2N5O3S/c1-27(2,3)31-26(35)23-25(38(4,36)37)24(19-8-10-20(28)11-9-19)34(32-23)22-12-7-18(16-21(22)29)6-5-14-33-15-13-30-17-33/h7-13,15-17H,14H2,1-4H3,(H,31,35). The fourth-order valence-electron chi connectivity index (χ4n) is 3.71. The van der Waals surface area contributed by atoms with Crippen molar-refractivity contribution in [2.45, 2.75) is 37.8 Å². The van der Waals surface area contributed by atoms with Gasteiger partial charge in [0.05, 0.1) is 29.3 Å². The van der Waals surface area contributed by atoms with E-state index in [2.05, 4.69) is 27.2 Å². The second-order valence-electron chi connectivity index (χ2n) is 9.62. The maximum atomic E-state index is 13.2. The molecule has 196 valence electrons. The van der Waals surface area contributed by atoms with Crippen molar-refractivity contribution in [3.63, 3.8) is 0 Å². The van der Waals surface area contributed by atoms with Gasteiger partial charge in [0.2, 0.25) is 0 Å². The number of nitrogens with zero attached hydrogens (tertiary/aromatic N) is 4. The largest absolute Gasteiger partial charge is 0.346 e. The third kappa shape index (κ3) is 6.27. The molecule has 8 nitrogen and oxygen atoms in total. The molecule has 2 aromatic heterocycles. The molecule has 0 saturated heterocycles. The number of halogens is 2. The van der Waals surface area contributed by atoms with Gasteiger partial charge in [-0.2, -0.15) is 5.10 Å². The first-order valence-electron chi connectivity index (χ1n) is 11.5. The van der Waals surface area contributed by atoms with E-state index < -0.39 is 21.3 Å². The van der Waals surface area contributed by atoms with Crippen LogP contribution in [-0.2, 0) is 16.4 Å². The molecule has 4 rings (SSSR count). The lowest BCUT2D eigenvalue weighted by Gasteiger charge is -2.19. The molecule has 4 aromatic rings. The van der Waals surface area contributed by atoms with Crippen molar-refractivity contribution in [1.29, 1.82) is 0 Å². The molecule has 0 unspecified atom stereocenters. The molecule has 11 heteroatoms. The molecule has 1 N–H and O–H groups in total. The molecule has 0 radical (unpaired) electrons. The van der Waals surface area contributed by atoms with Crippen LogP contribution in [0.25, 0.3) is 16.9 Å². The highest BCUT2D eigenvalue weighted by atomic mass is 35.5. The summed E-state index contributed by atoms with van der Waals surface area (Å²) in [5.74, 6) is 5.48. The maximum Gasteiger partial charge on any atom is 0.273 e. The minimum Gasteiger partial charge on any atom is -0.346 e. The van der Waals surface area contributed by atoms with Crippen LogP contribution in [0.5, 0.6) is 0 Å². The van der Waals surface area contributed by atoms with Gasteiger partial charge in [-0.15, -0.1) is 0 Å². The molecule has 0 aliphatic carbocycles. The Hall–Kier alpha value is -3.58. The monoisotopic (exact) mass is 569 g/mol. The second kappa shape index (κ2) is 10.7. The van der Waals surface area contributed by atoms with E-state index in [1.165, 1.54) is 4.68 Å². The van der Waals surface area contributed by atoms with Gasteiger partial charge >= 0.3 is 0 Å². The van der Waals surface area contributed by atoms with Gasteiger partial charge in [-0.05, 0) is 51.1 Å². The van der Waals surface area contributed by atoms with Crippen LogP contribution < -0.4 is 5.32 Å². The molecular formula is C27H25Cl2N5O3S. The highest BCUT2D eigenvalue weighted by molar-refractivity contribution is 7.91. The first kappa shape index (κ1) is 27.5. The lowest BCUT2D eigenvalue weighted by Crippen LogP contribution is -2.41. The number of sulfone groups is 1. The summed E-state index contributed by atoms with van der Waals surface area (Å²) in [7, 11) is -3.91. The first-order chi connectivity index (χ1) is 17.8. The quantitative estimate of drug-likeness (QED) is 0.340. The summed E-state index contributed by atoms with van der Waals surface area (Å²) in [5, 5.41) is 8.03. The number of benzene rings is 2. The molecule has 0 atom stereocenters. The zero-order valence-electron chi connectivity index (χ0n) is 21.2. The van der Waals surface area contributed by atoms with Crippen molar-refractivity contribution < 1.29 is 13.2 Å². The van der Waals surface area contributed by atoms with E-state index in [1.807, 2.05) is 10.8 Å². The number of amides is 1. The summed E-state index contributed by atoms with van der Waals surface area (Å²) in [5.41, 5.74) is 0.892. The fraction of sp³-hybridized carbons (Fsp3) is 0.222. The molecule has 1 amide bonds. The minimum absolute atomic E-state index is 0.198. The lowest BCUT2D eigenvalue weighted by molar-refractivity contribution is 0.0910. The summed E-state index contributed by atoms with van der Waals surface area (Å²) in [4.78, 5) is 17.0. The predicted molar refractivity (Wildman–Crippen MR) is 148 cm³/mol.